The Morgan fingerprint density at radius 3 is 2.50 bits per heavy atom. The van der Waals surface area contributed by atoms with Crippen molar-refractivity contribution < 1.29 is 0 Å². The molecule has 2 aromatic heterocycles. The molecule has 0 aliphatic heterocycles. The number of thiocarbonyl (C=S) groups is 1. The van der Waals surface area contributed by atoms with E-state index in [1.54, 1.807) is 10.9 Å². The van der Waals surface area contributed by atoms with Gasteiger partial charge in [-0.05, 0) is 38.6 Å². The van der Waals surface area contributed by atoms with E-state index in [0.717, 1.165) is 29.3 Å². The lowest BCUT2D eigenvalue weighted by Gasteiger charge is -2.21. The van der Waals surface area contributed by atoms with Crippen molar-refractivity contribution in [1.82, 2.24) is 24.5 Å². The first-order chi connectivity index (χ1) is 13.3. The summed E-state index contributed by atoms with van der Waals surface area (Å²) in [5.41, 5.74) is 6.29. The van der Waals surface area contributed by atoms with E-state index in [9.17, 15) is 0 Å². The zero-order valence-corrected chi connectivity index (χ0v) is 18.4. The molecule has 2 heterocycles. The molecule has 0 radical (unpaired) electrons. The molecular weight excluding hydrogens is 392 g/mol. The minimum absolute atomic E-state index is 0.566. The van der Waals surface area contributed by atoms with Gasteiger partial charge in [-0.15, -0.1) is 0 Å². The lowest BCUT2D eigenvalue weighted by atomic mass is 10.1. The first kappa shape index (κ1) is 20.4. The standard InChI is InChI=1S/C20H25ClN6S/c1-13-6-8-16(9-7-13)11-27-15(3)19(14(2)24-27)23-20(28)25(4)12-18-17(21)10-22-26(18)5/h6-10H,11-12H2,1-5H3,(H,23,28). The van der Waals surface area contributed by atoms with Gasteiger partial charge in [-0.25, -0.2) is 0 Å². The van der Waals surface area contributed by atoms with Crippen LogP contribution in [-0.4, -0.2) is 36.6 Å². The van der Waals surface area contributed by atoms with Crippen LogP contribution in [0.3, 0.4) is 0 Å². The van der Waals surface area contributed by atoms with Gasteiger partial charge in [0.25, 0.3) is 0 Å². The number of rotatable bonds is 5. The van der Waals surface area contributed by atoms with Crippen LogP contribution in [0.15, 0.2) is 30.5 Å². The summed E-state index contributed by atoms with van der Waals surface area (Å²) in [6.45, 7) is 7.42. The number of anilines is 1. The van der Waals surface area contributed by atoms with Gasteiger partial charge in [0.05, 0.1) is 47.1 Å². The van der Waals surface area contributed by atoms with Gasteiger partial charge in [0.1, 0.15) is 0 Å². The van der Waals surface area contributed by atoms with Gasteiger partial charge in [0, 0.05) is 14.1 Å². The average molecular weight is 417 g/mol. The van der Waals surface area contributed by atoms with Crippen molar-refractivity contribution >= 4 is 34.6 Å². The second kappa shape index (κ2) is 8.32. The first-order valence-corrected chi connectivity index (χ1v) is 9.83. The summed E-state index contributed by atoms with van der Waals surface area (Å²) in [4.78, 5) is 1.94. The summed E-state index contributed by atoms with van der Waals surface area (Å²) in [6, 6.07) is 8.51. The number of hydrogen-bond acceptors (Lipinski definition) is 3. The third-order valence-corrected chi connectivity index (χ3v) is 5.54. The largest absolute Gasteiger partial charge is 0.346 e. The van der Waals surface area contributed by atoms with Crippen molar-refractivity contribution in [3.63, 3.8) is 0 Å². The average Bonchev–Trinajstić information content (AvgIpc) is 3.11. The van der Waals surface area contributed by atoms with Gasteiger partial charge in [-0.3, -0.25) is 9.36 Å². The fourth-order valence-electron chi connectivity index (χ4n) is 3.01. The number of nitrogens with one attached hydrogen (secondary N) is 1. The fraction of sp³-hybridized carbons (Fsp3) is 0.350. The lowest BCUT2D eigenvalue weighted by Crippen LogP contribution is -2.31. The van der Waals surface area contributed by atoms with Gasteiger partial charge in [-0.2, -0.15) is 10.2 Å². The first-order valence-electron chi connectivity index (χ1n) is 9.04. The van der Waals surface area contributed by atoms with Crippen LogP contribution in [0.2, 0.25) is 5.02 Å². The molecule has 8 heteroatoms. The van der Waals surface area contributed by atoms with Gasteiger partial charge in [0.15, 0.2) is 5.11 Å². The Balaban J connectivity index is 1.72. The van der Waals surface area contributed by atoms with Crippen LogP contribution in [0.4, 0.5) is 5.69 Å². The second-order valence-electron chi connectivity index (χ2n) is 7.04. The summed E-state index contributed by atoms with van der Waals surface area (Å²) in [7, 11) is 3.80. The number of aromatic nitrogens is 4. The summed E-state index contributed by atoms with van der Waals surface area (Å²) < 4.78 is 3.76. The molecule has 1 N–H and O–H groups in total. The molecule has 0 fully saturated rings. The van der Waals surface area contributed by atoms with Crippen LogP contribution in [-0.2, 0) is 20.1 Å². The Morgan fingerprint density at radius 1 is 1.21 bits per heavy atom. The number of benzene rings is 1. The van der Waals surface area contributed by atoms with E-state index < -0.39 is 0 Å². The smallest absolute Gasteiger partial charge is 0.173 e. The minimum Gasteiger partial charge on any atom is -0.346 e. The number of nitrogens with zero attached hydrogens (tertiary/aromatic N) is 5. The Morgan fingerprint density at radius 2 is 1.89 bits per heavy atom. The molecule has 0 aliphatic carbocycles. The van der Waals surface area contributed by atoms with Crippen molar-refractivity contribution in [2.75, 3.05) is 12.4 Å². The van der Waals surface area contributed by atoms with Crippen LogP contribution in [0.5, 0.6) is 0 Å². The summed E-state index contributed by atoms with van der Waals surface area (Å²) >= 11 is 11.8. The van der Waals surface area contributed by atoms with Crippen molar-refractivity contribution in [2.24, 2.45) is 7.05 Å². The highest BCUT2D eigenvalue weighted by Crippen LogP contribution is 2.22. The van der Waals surface area contributed by atoms with Crippen LogP contribution in [0.25, 0.3) is 0 Å². The second-order valence-corrected chi connectivity index (χ2v) is 7.83. The predicted molar refractivity (Wildman–Crippen MR) is 118 cm³/mol. The zero-order chi connectivity index (χ0) is 20.4. The van der Waals surface area contributed by atoms with Crippen molar-refractivity contribution in [1.29, 1.82) is 0 Å². The molecule has 0 spiro atoms. The molecule has 0 unspecified atom stereocenters. The van der Waals surface area contributed by atoms with E-state index in [1.165, 1.54) is 11.1 Å². The summed E-state index contributed by atoms with van der Waals surface area (Å²) in [6.07, 6.45) is 1.64. The third-order valence-electron chi connectivity index (χ3n) is 4.81. The molecule has 0 saturated carbocycles. The Kier molecular flexibility index (Phi) is 6.05. The van der Waals surface area contributed by atoms with Crippen LogP contribution < -0.4 is 5.32 Å². The molecule has 0 saturated heterocycles. The monoisotopic (exact) mass is 416 g/mol. The molecular formula is C20H25ClN6S. The molecule has 28 heavy (non-hydrogen) atoms. The highest BCUT2D eigenvalue weighted by Gasteiger charge is 2.16. The summed E-state index contributed by atoms with van der Waals surface area (Å²) in [5, 5.41) is 13.4. The van der Waals surface area contributed by atoms with E-state index in [-0.39, 0.29) is 0 Å². The van der Waals surface area contributed by atoms with Crippen molar-refractivity contribution in [3.8, 4) is 0 Å². The number of aryl methyl sites for hydroxylation is 3. The van der Waals surface area contributed by atoms with Gasteiger partial charge >= 0.3 is 0 Å². The summed E-state index contributed by atoms with van der Waals surface area (Å²) in [5.74, 6) is 0. The molecule has 0 bridgehead atoms. The van der Waals surface area contributed by atoms with Crippen molar-refractivity contribution in [2.45, 2.75) is 33.9 Å². The number of halogens is 1. The van der Waals surface area contributed by atoms with Crippen LogP contribution >= 0.6 is 23.8 Å². The zero-order valence-electron chi connectivity index (χ0n) is 16.8. The van der Waals surface area contributed by atoms with E-state index >= 15 is 0 Å². The van der Waals surface area contributed by atoms with Crippen molar-refractivity contribution in [3.05, 3.63) is 63.7 Å². The molecule has 1 aromatic carbocycles. The minimum atomic E-state index is 0.566. The molecule has 6 nitrogen and oxygen atoms in total. The van der Waals surface area contributed by atoms with Gasteiger partial charge in [-0.1, -0.05) is 41.4 Å². The molecule has 0 aliphatic rings. The Labute approximate surface area is 176 Å². The Hall–Kier alpha value is -2.38. The third kappa shape index (κ3) is 4.36. The molecule has 0 amide bonds. The van der Waals surface area contributed by atoms with E-state index in [0.29, 0.717) is 16.7 Å². The SMILES string of the molecule is Cc1ccc(Cn2nc(C)c(NC(=S)N(C)Cc3c(Cl)cnn3C)c2C)cc1. The van der Waals surface area contributed by atoms with E-state index in [2.05, 4.69) is 53.6 Å². The van der Waals surface area contributed by atoms with Gasteiger partial charge < -0.3 is 10.2 Å². The Bertz CT molecular complexity index is 970. The van der Waals surface area contributed by atoms with E-state index in [1.807, 2.05) is 30.6 Å². The van der Waals surface area contributed by atoms with Gasteiger partial charge in [0.2, 0.25) is 0 Å². The topological polar surface area (TPSA) is 50.9 Å². The maximum Gasteiger partial charge on any atom is 0.173 e. The van der Waals surface area contributed by atoms with Crippen LogP contribution in [0.1, 0.15) is 28.2 Å². The predicted octanol–water partition coefficient (Wildman–Crippen LogP) is 4.07. The molecule has 148 valence electrons. The lowest BCUT2D eigenvalue weighted by molar-refractivity contribution is 0.482. The maximum atomic E-state index is 6.21. The fourth-order valence-corrected chi connectivity index (χ4v) is 3.40. The highest BCUT2D eigenvalue weighted by atomic mass is 35.5. The highest BCUT2D eigenvalue weighted by molar-refractivity contribution is 7.80. The molecule has 3 rings (SSSR count). The molecule has 0 atom stereocenters. The van der Waals surface area contributed by atoms with Crippen LogP contribution in [0, 0.1) is 20.8 Å². The quantitative estimate of drug-likeness (QED) is 0.635. The molecule has 3 aromatic rings. The normalized spacial score (nSPS) is 10.9. The van der Waals surface area contributed by atoms with E-state index in [4.69, 9.17) is 23.8 Å². The maximum absolute atomic E-state index is 6.21. The number of hydrogen-bond donors (Lipinski definition) is 1.